The number of carbonyl (C=O) groups is 2. The summed E-state index contributed by atoms with van der Waals surface area (Å²) in [5.74, 6) is -1.40. The van der Waals surface area contributed by atoms with Gasteiger partial charge in [0.05, 0.1) is 16.1 Å². The molecular weight excluding hydrogens is 662 g/mol. The lowest BCUT2D eigenvalue weighted by Crippen LogP contribution is -2.53. The van der Waals surface area contributed by atoms with Gasteiger partial charge in [-0.25, -0.2) is 8.42 Å². The van der Waals surface area contributed by atoms with E-state index in [4.69, 9.17) is 23.2 Å². The van der Waals surface area contributed by atoms with Crippen LogP contribution in [-0.2, 0) is 38.8 Å². The molecule has 0 heterocycles. The smallest absolute Gasteiger partial charge is 0.355 e. The van der Waals surface area contributed by atoms with Crippen LogP contribution < -0.4 is 9.62 Å². The van der Waals surface area contributed by atoms with E-state index in [1.165, 1.54) is 30.3 Å². The molecule has 0 bridgehead atoms. The number of nitrogens with zero attached hydrogens (tertiary/aromatic N) is 2. The van der Waals surface area contributed by atoms with Crippen molar-refractivity contribution in [3.63, 3.8) is 0 Å². The van der Waals surface area contributed by atoms with Crippen molar-refractivity contribution in [1.29, 1.82) is 0 Å². The number of carbonyl (C=O) groups excluding carboxylic acids is 2. The minimum absolute atomic E-state index is 0.0372. The zero-order valence-corrected chi connectivity index (χ0v) is 26.9. The second kappa shape index (κ2) is 15.0. The highest BCUT2D eigenvalue weighted by Crippen LogP contribution is 2.34. The number of anilines is 1. The van der Waals surface area contributed by atoms with Crippen LogP contribution in [-0.4, -0.2) is 44.3 Å². The van der Waals surface area contributed by atoms with Gasteiger partial charge in [-0.05, 0) is 55.0 Å². The van der Waals surface area contributed by atoms with Gasteiger partial charge in [0.25, 0.3) is 10.0 Å². The molecule has 0 aliphatic carbocycles. The Morgan fingerprint density at radius 2 is 1.43 bits per heavy atom. The van der Waals surface area contributed by atoms with Gasteiger partial charge in [0, 0.05) is 35.1 Å². The number of rotatable bonds is 12. The molecule has 7 nitrogen and oxygen atoms in total. The van der Waals surface area contributed by atoms with Crippen LogP contribution in [0.3, 0.4) is 0 Å². The number of amides is 2. The van der Waals surface area contributed by atoms with E-state index in [1.54, 1.807) is 61.5 Å². The average molecular weight is 693 g/mol. The molecule has 2 amide bonds. The van der Waals surface area contributed by atoms with Crippen LogP contribution in [0, 0.1) is 0 Å². The molecule has 0 aromatic heterocycles. The second-order valence-corrected chi connectivity index (χ2v) is 12.9. The van der Waals surface area contributed by atoms with Crippen molar-refractivity contribution < 1.29 is 31.2 Å². The monoisotopic (exact) mass is 691 g/mol. The molecule has 0 spiro atoms. The summed E-state index contributed by atoms with van der Waals surface area (Å²) in [4.78, 5) is 28.9. The van der Waals surface area contributed by atoms with E-state index in [-0.39, 0.29) is 40.1 Å². The molecule has 4 rings (SSSR count). The maximum atomic E-state index is 14.4. The van der Waals surface area contributed by atoms with Crippen molar-refractivity contribution in [2.45, 2.75) is 37.0 Å². The van der Waals surface area contributed by atoms with Crippen molar-refractivity contribution in [2.75, 3.05) is 17.4 Å². The minimum Gasteiger partial charge on any atom is -0.355 e. The number of likely N-dealkylation sites (N-methyl/N-ethyl adjacent to an activating group) is 1. The molecule has 0 aliphatic heterocycles. The lowest BCUT2D eigenvalue weighted by molar-refractivity contribution is -0.140. The van der Waals surface area contributed by atoms with E-state index in [1.807, 2.05) is 0 Å². The third-order valence-electron chi connectivity index (χ3n) is 7.08. The van der Waals surface area contributed by atoms with Crippen LogP contribution in [0.25, 0.3) is 0 Å². The normalized spacial score (nSPS) is 12.3. The summed E-state index contributed by atoms with van der Waals surface area (Å²) in [7, 11) is -4.58. The largest absolute Gasteiger partial charge is 0.416 e. The van der Waals surface area contributed by atoms with Crippen LogP contribution >= 0.6 is 23.2 Å². The Kier molecular flexibility index (Phi) is 11.4. The molecule has 0 saturated carbocycles. The lowest BCUT2D eigenvalue weighted by Gasteiger charge is -2.34. The number of alkyl halides is 3. The highest BCUT2D eigenvalue weighted by atomic mass is 35.5. The van der Waals surface area contributed by atoms with E-state index in [0.717, 1.165) is 17.0 Å². The highest BCUT2D eigenvalue weighted by Gasteiger charge is 2.36. The molecule has 0 radical (unpaired) electrons. The summed E-state index contributed by atoms with van der Waals surface area (Å²) >= 11 is 12.9. The average Bonchev–Trinajstić information content (AvgIpc) is 3.03. The Balaban J connectivity index is 1.86. The fourth-order valence-corrected chi connectivity index (χ4v) is 6.73. The summed E-state index contributed by atoms with van der Waals surface area (Å²) in [5.41, 5.74) is -0.485. The molecule has 1 atom stereocenters. The number of hydrogen-bond donors (Lipinski definition) is 1. The van der Waals surface area contributed by atoms with Crippen molar-refractivity contribution in [1.82, 2.24) is 10.2 Å². The van der Waals surface area contributed by atoms with E-state index in [2.05, 4.69) is 5.32 Å². The van der Waals surface area contributed by atoms with Crippen LogP contribution in [0.2, 0.25) is 10.0 Å². The molecule has 46 heavy (non-hydrogen) atoms. The van der Waals surface area contributed by atoms with Gasteiger partial charge in [0.15, 0.2) is 0 Å². The van der Waals surface area contributed by atoms with E-state index in [0.29, 0.717) is 21.5 Å². The van der Waals surface area contributed by atoms with Crippen molar-refractivity contribution in [2.24, 2.45) is 0 Å². The zero-order chi connectivity index (χ0) is 33.5. The van der Waals surface area contributed by atoms with Gasteiger partial charge >= 0.3 is 6.18 Å². The summed E-state index contributed by atoms with van der Waals surface area (Å²) in [6.07, 6.45) is -4.75. The van der Waals surface area contributed by atoms with Gasteiger partial charge in [-0.1, -0.05) is 83.9 Å². The molecule has 242 valence electrons. The maximum Gasteiger partial charge on any atom is 0.416 e. The maximum absolute atomic E-state index is 14.4. The SMILES string of the molecule is CCNC(=O)[C@H](Cc1ccccc1)N(Cc1c(Cl)cccc1Cl)C(=O)CN(c1cccc(C(F)(F)F)c1)S(=O)(=O)c1ccccc1. The topological polar surface area (TPSA) is 86.8 Å². The first-order chi connectivity index (χ1) is 21.8. The summed E-state index contributed by atoms with van der Waals surface area (Å²) in [6, 6.07) is 23.1. The van der Waals surface area contributed by atoms with Crippen LogP contribution in [0.15, 0.2) is 108 Å². The van der Waals surface area contributed by atoms with E-state index >= 15 is 0 Å². The number of benzene rings is 4. The standard InChI is InChI=1S/C33H30Cl2F3N3O4S/c1-2-39-32(43)30(19-23-11-5-3-6-12-23)40(21-27-28(34)17-10-18-29(27)35)31(42)22-41(46(44,45)26-15-7-4-8-16-26)25-14-9-13-24(20-25)33(36,37)38/h3-18,20,30H,2,19,21-22H2,1H3,(H,39,43)/t30-/m0/s1. The second-order valence-electron chi connectivity index (χ2n) is 10.2. The fraction of sp³-hybridized carbons (Fsp3) is 0.212. The zero-order valence-electron chi connectivity index (χ0n) is 24.5. The van der Waals surface area contributed by atoms with Crippen molar-refractivity contribution in [3.8, 4) is 0 Å². The predicted octanol–water partition coefficient (Wildman–Crippen LogP) is 6.98. The quantitative estimate of drug-likeness (QED) is 0.174. The number of halogens is 5. The molecule has 0 fully saturated rings. The van der Waals surface area contributed by atoms with E-state index in [9.17, 15) is 31.2 Å². The van der Waals surface area contributed by atoms with Crippen LogP contribution in [0.1, 0.15) is 23.6 Å². The third-order valence-corrected chi connectivity index (χ3v) is 9.58. The minimum atomic E-state index is -4.78. The van der Waals surface area contributed by atoms with Gasteiger partial charge < -0.3 is 10.2 Å². The predicted molar refractivity (Wildman–Crippen MR) is 172 cm³/mol. The fourth-order valence-electron chi connectivity index (χ4n) is 4.79. The van der Waals surface area contributed by atoms with Crippen molar-refractivity contribution >= 4 is 50.7 Å². The lowest BCUT2D eigenvalue weighted by atomic mass is 10.0. The molecule has 4 aromatic carbocycles. The van der Waals surface area contributed by atoms with Gasteiger partial charge in [0.1, 0.15) is 12.6 Å². The first-order valence-electron chi connectivity index (χ1n) is 14.1. The first-order valence-corrected chi connectivity index (χ1v) is 16.3. The summed E-state index contributed by atoms with van der Waals surface area (Å²) in [6.45, 7) is 0.702. The van der Waals surface area contributed by atoms with E-state index < -0.39 is 46.2 Å². The molecule has 13 heteroatoms. The third kappa shape index (κ3) is 8.39. The molecule has 4 aromatic rings. The Morgan fingerprint density at radius 3 is 2.02 bits per heavy atom. The number of sulfonamides is 1. The van der Waals surface area contributed by atoms with Gasteiger partial charge in [-0.3, -0.25) is 13.9 Å². The highest BCUT2D eigenvalue weighted by molar-refractivity contribution is 7.92. The molecule has 1 N–H and O–H groups in total. The summed E-state index contributed by atoms with van der Waals surface area (Å²) in [5, 5.41) is 3.13. The first kappa shape index (κ1) is 34.8. The Morgan fingerprint density at radius 1 is 0.848 bits per heavy atom. The Hall–Kier alpha value is -4.06. The Labute approximate surface area is 275 Å². The molecule has 0 unspecified atom stereocenters. The van der Waals surface area contributed by atoms with Gasteiger partial charge in [0.2, 0.25) is 11.8 Å². The van der Waals surface area contributed by atoms with Crippen LogP contribution in [0.5, 0.6) is 0 Å². The molecule has 0 aliphatic rings. The molecular formula is C33H30Cl2F3N3O4S. The molecule has 0 saturated heterocycles. The van der Waals surface area contributed by atoms with Crippen molar-refractivity contribution in [3.05, 3.63) is 130 Å². The van der Waals surface area contributed by atoms with Gasteiger partial charge in [-0.2, -0.15) is 13.2 Å². The Bertz CT molecular complexity index is 1760. The number of nitrogens with one attached hydrogen (secondary N) is 1. The summed E-state index contributed by atoms with van der Waals surface area (Å²) < 4.78 is 69.7. The van der Waals surface area contributed by atoms with Crippen LogP contribution in [0.4, 0.5) is 18.9 Å². The van der Waals surface area contributed by atoms with Gasteiger partial charge in [-0.15, -0.1) is 0 Å². The number of hydrogen-bond acceptors (Lipinski definition) is 4.